The van der Waals surface area contributed by atoms with E-state index < -0.39 is 5.97 Å². The summed E-state index contributed by atoms with van der Waals surface area (Å²) in [4.78, 5) is 22.6. The number of aromatic carboxylic acids is 1. The van der Waals surface area contributed by atoms with Gasteiger partial charge in [-0.25, -0.2) is 4.79 Å². The third kappa shape index (κ3) is 2.22. The highest BCUT2D eigenvalue weighted by Crippen LogP contribution is 2.01. The van der Waals surface area contributed by atoms with Crippen molar-refractivity contribution in [1.29, 1.82) is 0 Å². The molecule has 0 aliphatic rings. The number of carboxylic acid groups (broad SMARTS) is 1. The van der Waals surface area contributed by atoms with Crippen LogP contribution in [0.3, 0.4) is 0 Å². The third-order valence-corrected chi connectivity index (χ3v) is 2.24. The van der Waals surface area contributed by atoms with Gasteiger partial charge in [-0.05, 0) is 6.07 Å². The van der Waals surface area contributed by atoms with E-state index in [1.807, 2.05) is 0 Å². The maximum Gasteiger partial charge on any atom is 0.352 e. The Morgan fingerprint density at radius 2 is 2.24 bits per heavy atom. The molecule has 2 aromatic rings. The van der Waals surface area contributed by atoms with Crippen LogP contribution in [0.2, 0.25) is 0 Å². The molecule has 0 aliphatic heterocycles. The van der Waals surface area contributed by atoms with Gasteiger partial charge in [0.2, 0.25) is 0 Å². The molecule has 2 rings (SSSR count). The van der Waals surface area contributed by atoms with E-state index >= 15 is 0 Å². The smallest absolute Gasteiger partial charge is 0.352 e. The van der Waals surface area contributed by atoms with Crippen LogP contribution in [0, 0.1) is 0 Å². The first kappa shape index (κ1) is 11.1. The van der Waals surface area contributed by atoms with Crippen LogP contribution >= 0.6 is 0 Å². The fraction of sp³-hybridized carbons (Fsp3) is 0.200. The lowest BCUT2D eigenvalue weighted by Crippen LogP contribution is -2.25. The molecular weight excluding hydrogens is 224 g/mol. The van der Waals surface area contributed by atoms with E-state index in [1.165, 1.54) is 22.9 Å². The zero-order chi connectivity index (χ0) is 12.4. The molecular formula is C10H10N4O3. The second-order valence-electron chi connectivity index (χ2n) is 3.52. The van der Waals surface area contributed by atoms with E-state index in [0.717, 1.165) is 4.57 Å². The molecule has 17 heavy (non-hydrogen) atoms. The second-order valence-corrected chi connectivity index (χ2v) is 3.52. The summed E-state index contributed by atoms with van der Waals surface area (Å²) in [6.07, 6.45) is 1.63. The van der Waals surface area contributed by atoms with Crippen LogP contribution in [0.1, 0.15) is 16.2 Å². The summed E-state index contributed by atoms with van der Waals surface area (Å²) in [5.41, 5.74) is 0.0852. The normalized spacial score (nSPS) is 10.4. The molecule has 7 heteroatoms. The fourth-order valence-corrected chi connectivity index (χ4v) is 1.50. The predicted molar refractivity (Wildman–Crippen MR) is 57.8 cm³/mol. The topological polar surface area (TPSA) is 90.0 Å². The molecule has 2 aromatic heterocycles. The van der Waals surface area contributed by atoms with Crippen LogP contribution in [0.25, 0.3) is 0 Å². The summed E-state index contributed by atoms with van der Waals surface area (Å²) in [7, 11) is 1.70. The highest BCUT2D eigenvalue weighted by molar-refractivity contribution is 5.85. The summed E-state index contributed by atoms with van der Waals surface area (Å²) in [6, 6.07) is 4.10. The molecule has 0 saturated heterocycles. The van der Waals surface area contributed by atoms with Gasteiger partial charge in [0.15, 0.2) is 0 Å². The minimum Gasteiger partial charge on any atom is -0.477 e. The van der Waals surface area contributed by atoms with Crippen molar-refractivity contribution in [3.8, 4) is 0 Å². The van der Waals surface area contributed by atoms with E-state index in [0.29, 0.717) is 5.69 Å². The fourth-order valence-electron chi connectivity index (χ4n) is 1.50. The maximum absolute atomic E-state index is 11.6. The summed E-state index contributed by atoms with van der Waals surface area (Å²) >= 11 is 0. The predicted octanol–water partition coefficient (Wildman–Crippen LogP) is -0.277. The molecule has 0 aliphatic carbocycles. The van der Waals surface area contributed by atoms with Crippen molar-refractivity contribution < 1.29 is 9.90 Å². The quantitative estimate of drug-likeness (QED) is 0.789. The monoisotopic (exact) mass is 234 g/mol. The Balaban J connectivity index is 2.44. The summed E-state index contributed by atoms with van der Waals surface area (Å²) in [6.45, 7) is 0.0924. The third-order valence-electron chi connectivity index (χ3n) is 2.24. The van der Waals surface area contributed by atoms with E-state index in [4.69, 9.17) is 5.11 Å². The SMILES string of the molecule is Cn1cc(Cn2c(C(=O)O)cccc2=O)nn1. The molecule has 0 fully saturated rings. The Hall–Kier alpha value is -2.44. The van der Waals surface area contributed by atoms with Crippen molar-refractivity contribution in [1.82, 2.24) is 19.6 Å². The van der Waals surface area contributed by atoms with Crippen LogP contribution in [0.15, 0.2) is 29.2 Å². The molecule has 0 saturated carbocycles. The molecule has 88 valence electrons. The Kier molecular flexibility index (Phi) is 2.73. The number of hydrogen-bond donors (Lipinski definition) is 1. The van der Waals surface area contributed by atoms with Crippen LogP contribution in [0.4, 0.5) is 0 Å². The average Bonchev–Trinajstić information content (AvgIpc) is 2.67. The van der Waals surface area contributed by atoms with Gasteiger partial charge in [-0.15, -0.1) is 5.10 Å². The molecule has 0 bridgehead atoms. The number of carbonyl (C=O) groups is 1. The van der Waals surface area contributed by atoms with Gasteiger partial charge in [0, 0.05) is 19.3 Å². The van der Waals surface area contributed by atoms with Gasteiger partial charge in [-0.3, -0.25) is 14.0 Å². The van der Waals surface area contributed by atoms with Crippen molar-refractivity contribution in [3.05, 3.63) is 46.1 Å². The van der Waals surface area contributed by atoms with E-state index in [9.17, 15) is 9.59 Å². The van der Waals surface area contributed by atoms with Gasteiger partial charge in [-0.2, -0.15) is 0 Å². The van der Waals surface area contributed by atoms with E-state index in [1.54, 1.807) is 13.2 Å². The summed E-state index contributed by atoms with van der Waals surface area (Å²) < 4.78 is 2.64. The average molecular weight is 234 g/mol. The van der Waals surface area contributed by atoms with Crippen LogP contribution < -0.4 is 5.56 Å². The zero-order valence-corrected chi connectivity index (χ0v) is 9.07. The summed E-state index contributed by atoms with van der Waals surface area (Å²) in [5.74, 6) is -1.15. The Bertz CT molecular complexity index is 614. The number of nitrogens with zero attached hydrogens (tertiary/aromatic N) is 4. The Morgan fingerprint density at radius 3 is 2.82 bits per heavy atom. The van der Waals surface area contributed by atoms with Crippen molar-refractivity contribution in [3.63, 3.8) is 0 Å². The van der Waals surface area contributed by atoms with Crippen molar-refractivity contribution in [2.75, 3.05) is 0 Å². The Morgan fingerprint density at radius 1 is 1.47 bits per heavy atom. The molecule has 0 amide bonds. The van der Waals surface area contributed by atoms with Gasteiger partial charge in [0.05, 0.1) is 6.54 Å². The van der Waals surface area contributed by atoms with Gasteiger partial charge >= 0.3 is 5.97 Å². The van der Waals surface area contributed by atoms with Crippen molar-refractivity contribution >= 4 is 5.97 Å². The Labute approximate surface area is 95.9 Å². The highest BCUT2D eigenvalue weighted by atomic mass is 16.4. The lowest BCUT2D eigenvalue weighted by atomic mass is 10.3. The molecule has 0 unspecified atom stereocenters. The van der Waals surface area contributed by atoms with Crippen LogP contribution in [-0.2, 0) is 13.6 Å². The maximum atomic E-state index is 11.6. The summed E-state index contributed by atoms with van der Waals surface area (Å²) in [5, 5.41) is 16.5. The molecule has 0 radical (unpaired) electrons. The first-order valence-corrected chi connectivity index (χ1v) is 4.86. The number of aryl methyl sites for hydroxylation is 1. The van der Waals surface area contributed by atoms with E-state index in [-0.39, 0.29) is 17.8 Å². The van der Waals surface area contributed by atoms with Crippen LogP contribution in [0.5, 0.6) is 0 Å². The molecule has 0 atom stereocenters. The van der Waals surface area contributed by atoms with Crippen molar-refractivity contribution in [2.24, 2.45) is 7.05 Å². The minimum absolute atomic E-state index is 0.0665. The minimum atomic E-state index is -1.15. The number of hydrogen-bond acceptors (Lipinski definition) is 4. The number of carboxylic acids is 1. The first-order valence-electron chi connectivity index (χ1n) is 4.86. The number of pyridine rings is 1. The van der Waals surface area contributed by atoms with Gasteiger partial charge in [-0.1, -0.05) is 11.3 Å². The molecule has 0 spiro atoms. The largest absolute Gasteiger partial charge is 0.477 e. The number of rotatable bonds is 3. The molecule has 0 aromatic carbocycles. The van der Waals surface area contributed by atoms with Crippen molar-refractivity contribution in [2.45, 2.75) is 6.54 Å². The second kappa shape index (κ2) is 4.20. The van der Waals surface area contributed by atoms with Gasteiger partial charge < -0.3 is 5.11 Å². The van der Waals surface area contributed by atoms with Gasteiger partial charge in [0.1, 0.15) is 11.4 Å². The van der Waals surface area contributed by atoms with Crippen LogP contribution in [-0.4, -0.2) is 30.6 Å². The van der Waals surface area contributed by atoms with E-state index in [2.05, 4.69) is 10.3 Å². The first-order chi connectivity index (χ1) is 8.08. The zero-order valence-electron chi connectivity index (χ0n) is 9.07. The number of aromatic nitrogens is 4. The lowest BCUT2D eigenvalue weighted by Gasteiger charge is -2.06. The van der Waals surface area contributed by atoms with Gasteiger partial charge in [0.25, 0.3) is 5.56 Å². The highest BCUT2D eigenvalue weighted by Gasteiger charge is 2.11. The standard InChI is InChI=1S/C10H10N4O3/c1-13-5-7(11-12-13)6-14-8(10(16)17)3-2-4-9(14)15/h2-5H,6H2,1H3,(H,16,17). The molecule has 2 heterocycles. The molecule has 1 N–H and O–H groups in total. The lowest BCUT2D eigenvalue weighted by molar-refractivity contribution is 0.0684. The molecule has 7 nitrogen and oxygen atoms in total.